The highest BCUT2D eigenvalue weighted by Crippen LogP contribution is 2.33. The second-order valence-electron chi connectivity index (χ2n) is 8.22. The molecule has 3 heterocycles. The van der Waals surface area contributed by atoms with Gasteiger partial charge in [-0.25, -0.2) is 9.37 Å². The minimum atomic E-state index is -0.546. The van der Waals surface area contributed by atoms with E-state index in [4.69, 9.17) is 9.47 Å². The number of hydrogen-bond donors (Lipinski definition) is 0. The number of aromatic nitrogens is 2. The summed E-state index contributed by atoms with van der Waals surface area (Å²) in [6, 6.07) is 12.8. The summed E-state index contributed by atoms with van der Waals surface area (Å²) in [5.41, 5.74) is 0.792. The number of hydrogen-bond acceptors (Lipinski definition) is 6. The summed E-state index contributed by atoms with van der Waals surface area (Å²) in [5.74, 6) is -0.965. The molecule has 9 heteroatoms. The van der Waals surface area contributed by atoms with Gasteiger partial charge in [-0.3, -0.25) is 14.2 Å². The molecule has 1 amide bonds. The van der Waals surface area contributed by atoms with Crippen molar-refractivity contribution in [2.45, 2.75) is 36.0 Å². The van der Waals surface area contributed by atoms with E-state index in [2.05, 4.69) is 4.98 Å². The van der Waals surface area contributed by atoms with Gasteiger partial charge in [-0.2, -0.15) is 0 Å². The van der Waals surface area contributed by atoms with E-state index in [-0.39, 0.29) is 11.5 Å². The van der Waals surface area contributed by atoms with Crippen LogP contribution in [0.15, 0.2) is 58.5 Å². The highest BCUT2D eigenvalue weighted by molar-refractivity contribution is 8.00. The Bertz CT molecular complexity index is 1230. The third kappa shape index (κ3) is 4.28. The Labute approximate surface area is 194 Å². The van der Waals surface area contributed by atoms with Crippen LogP contribution in [0.25, 0.3) is 16.6 Å². The topological polar surface area (TPSA) is 73.7 Å². The van der Waals surface area contributed by atoms with Crippen molar-refractivity contribution in [2.75, 3.05) is 26.3 Å². The largest absolute Gasteiger partial charge is 0.347 e. The zero-order valence-corrected chi connectivity index (χ0v) is 19.0. The molecule has 0 aliphatic carbocycles. The molecule has 0 N–H and O–H groups in total. The van der Waals surface area contributed by atoms with Crippen LogP contribution in [0, 0.1) is 5.82 Å². The van der Waals surface area contributed by atoms with Crippen molar-refractivity contribution in [1.29, 1.82) is 0 Å². The number of likely N-dealkylation sites (tertiary alicyclic amines) is 1. The van der Waals surface area contributed by atoms with E-state index in [0.717, 1.165) is 0 Å². The number of fused-ring (bicyclic) bond motifs is 1. The molecule has 0 radical (unpaired) electrons. The summed E-state index contributed by atoms with van der Waals surface area (Å²) in [6.45, 7) is 4.11. The van der Waals surface area contributed by atoms with Crippen LogP contribution < -0.4 is 5.56 Å². The third-order valence-corrected chi connectivity index (χ3v) is 7.15. The highest BCUT2D eigenvalue weighted by Gasteiger charge is 2.41. The summed E-state index contributed by atoms with van der Waals surface area (Å²) in [4.78, 5) is 33.0. The summed E-state index contributed by atoms with van der Waals surface area (Å²) in [6.07, 6.45) is 1.29. The van der Waals surface area contributed by atoms with E-state index in [1.807, 2.05) is 17.9 Å². The Balaban J connectivity index is 1.43. The van der Waals surface area contributed by atoms with Crippen LogP contribution in [0.2, 0.25) is 0 Å². The number of piperidine rings is 1. The molecule has 7 nitrogen and oxygen atoms in total. The molecule has 2 aliphatic rings. The minimum absolute atomic E-state index is 0.0269. The van der Waals surface area contributed by atoms with Crippen LogP contribution in [0.4, 0.5) is 4.39 Å². The molecule has 2 fully saturated rings. The molecule has 1 aromatic heterocycles. The van der Waals surface area contributed by atoms with Crippen LogP contribution in [-0.2, 0) is 14.3 Å². The number of carbonyl (C=O) groups is 1. The molecule has 1 unspecified atom stereocenters. The predicted molar refractivity (Wildman–Crippen MR) is 123 cm³/mol. The normalized spacial score (nSPS) is 18.7. The number of ether oxygens (including phenoxy) is 2. The molecular weight excluding hydrogens is 445 g/mol. The number of halogens is 1. The van der Waals surface area contributed by atoms with Crippen molar-refractivity contribution in [3.63, 3.8) is 0 Å². The van der Waals surface area contributed by atoms with Gasteiger partial charge >= 0.3 is 0 Å². The number of thioether (sulfide) groups is 1. The van der Waals surface area contributed by atoms with Gasteiger partial charge in [-0.05, 0) is 43.3 Å². The highest BCUT2D eigenvalue weighted by atomic mass is 32.2. The Hall–Kier alpha value is -2.75. The first-order valence-electron chi connectivity index (χ1n) is 11.0. The second kappa shape index (κ2) is 8.89. The molecule has 1 atom stereocenters. The molecule has 2 aliphatic heterocycles. The molecule has 33 heavy (non-hydrogen) atoms. The molecule has 1 spiro atoms. The summed E-state index contributed by atoms with van der Waals surface area (Å²) in [5, 5.41) is 0.384. The molecule has 2 saturated heterocycles. The first-order chi connectivity index (χ1) is 16.0. The fourth-order valence-electron chi connectivity index (χ4n) is 4.33. The lowest BCUT2D eigenvalue weighted by Gasteiger charge is -2.38. The van der Waals surface area contributed by atoms with Crippen LogP contribution in [0.5, 0.6) is 0 Å². The third-order valence-electron chi connectivity index (χ3n) is 6.11. The SMILES string of the molecule is CC(Sc1nc2ccccc2c(=O)n1-c1ccc(F)cc1)C(=O)N1CCC2(CC1)OCCO2. The molecule has 5 rings (SSSR count). The van der Waals surface area contributed by atoms with Gasteiger partial charge in [0.05, 0.1) is 35.1 Å². The number of benzene rings is 2. The number of para-hydroxylation sites is 1. The predicted octanol–water partition coefficient (Wildman–Crippen LogP) is 3.37. The van der Waals surface area contributed by atoms with E-state index in [1.54, 1.807) is 18.2 Å². The fraction of sp³-hybridized carbons (Fsp3) is 0.375. The van der Waals surface area contributed by atoms with Crippen molar-refractivity contribution in [2.24, 2.45) is 0 Å². The van der Waals surface area contributed by atoms with Crippen molar-refractivity contribution >= 4 is 28.6 Å². The quantitative estimate of drug-likeness (QED) is 0.431. The van der Waals surface area contributed by atoms with E-state index < -0.39 is 16.9 Å². The Morgan fingerprint density at radius 1 is 1.09 bits per heavy atom. The maximum Gasteiger partial charge on any atom is 0.266 e. The fourth-order valence-corrected chi connectivity index (χ4v) is 5.34. The Kier molecular flexibility index (Phi) is 5.94. The van der Waals surface area contributed by atoms with Gasteiger partial charge in [0, 0.05) is 25.9 Å². The summed E-state index contributed by atoms with van der Waals surface area (Å²) < 4.78 is 26.5. The number of nitrogens with zero attached hydrogens (tertiary/aromatic N) is 3. The summed E-state index contributed by atoms with van der Waals surface area (Å²) >= 11 is 1.23. The van der Waals surface area contributed by atoms with Crippen LogP contribution in [0.3, 0.4) is 0 Å². The maximum atomic E-state index is 13.5. The van der Waals surface area contributed by atoms with Crippen molar-refractivity contribution in [3.05, 3.63) is 64.7 Å². The number of carbonyl (C=O) groups excluding carboxylic acids is 1. The molecule has 3 aromatic rings. The van der Waals surface area contributed by atoms with E-state index in [1.165, 1.54) is 40.6 Å². The zero-order chi connectivity index (χ0) is 23.0. The van der Waals surface area contributed by atoms with E-state index in [9.17, 15) is 14.0 Å². The lowest BCUT2D eigenvalue weighted by molar-refractivity contribution is -0.187. The average molecular weight is 470 g/mol. The van der Waals surface area contributed by atoms with Gasteiger partial charge < -0.3 is 14.4 Å². The van der Waals surface area contributed by atoms with E-state index in [0.29, 0.717) is 60.9 Å². The Morgan fingerprint density at radius 3 is 2.45 bits per heavy atom. The first-order valence-corrected chi connectivity index (χ1v) is 11.8. The van der Waals surface area contributed by atoms with Gasteiger partial charge in [0.25, 0.3) is 5.56 Å². The van der Waals surface area contributed by atoms with Gasteiger partial charge in [-0.15, -0.1) is 0 Å². The smallest absolute Gasteiger partial charge is 0.266 e. The first kappa shape index (κ1) is 22.1. The molecule has 172 valence electrons. The molecule has 0 saturated carbocycles. The van der Waals surface area contributed by atoms with Gasteiger partial charge in [0.1, 0.15) is 5.82 Å². The van der Waals surface area contributed by atoms with Crippen LogP contribution in [-0.4, -0.2) is 57.7 Å². The van der Waals surface area contributed by atoms with Crippen LogP contribution >= 0.6 is 11.8 Å². The second-order valence-corrected chi connectivity index (χ2v) is 9.53. The lowest BCUT2D eigenvalue weighted by Crippen LogP contribution is -2.49. The van der Waals surface area contributed by atoms with Crippen molar-refractivity contribution in [3.8, 4) is 5.69 Å². The monoisotopic (exact) mass is 469 g/mol. The maximum absolute atomic E-state index is 13.5. The molecule has 2 aromatic carbocycles. The van der Waals surface area contributed by atoms with Gasteiger partial charge in [-0.1, -0.05) is 23.9 Å². The minimum Gasteiger partial charge on any atom is -0.347 e. The standard InChI is InChI=1S/C24H24FN3O4S/c1-16(21(29)27-12-10-24(11-13-27)31-14-15-32-24)33-23-26-20-5-3-2-4-19(20)22(30)28(23)18-8-6-17(25)7-9-18/h2-9,16H,10-15H2,1H3. The lowest BCUT2D eigenvalue weighted by atomic mass is 10.0. The van der Waals surface area contributed by atoms with Gasteiger partial charge in [0.2, 0.25) is 5.91 Å². The van der Waals surface area contributed by atoms with Crippen molar-refractivity contribution < 1.29 is 18.7 Å². The molecular formula is C24H24FN3O4S. The van der Waals surface area contributed by atoms with Crippen LogP contribution in [0.1, 0.15) is 19.8 Å². The average Bonchev–Trinajstić information content (AvgIpc) is 3.28. The van der Waals surface area contributed by atoms with Gasteiger partial charge in [0.15, 0.2) is 10.9 Å². The van der Waals surface area contributed by atoms with E-state index >= 15 is 0 Å². The molecule has 0 bridgehead atoms. The van der Waals surface area contributed by atoms with Crippen molar-refractivity contribution in [1.82, 2.24) is 14.5 Å². The zero-order valence-electron chi connectivity index (χ0n) is 18.2. The summed E-state index contributed by atoms with van der Waals surface area (Å²) in [7, 11) is 0. The number of amides is 1. The number of rotatable bonds is 4. The Morgan fingerprint density at radius 2 is 1.76 bits per heavy atom.